The Morgan fingerprint density at radius 3 is 2.29 bits per heavy atom. The quantitative estimate of drug-likeness (QED) is 0.872. The number of rotatable bonds is 4. The maximum absolute atomic E-state index is 13.0. The normalized spacial score (nSPS) is 10.5. The minimum Gasteiger partial charge on any atom is -0.434 e. The minimum absolute atomic E-state index is 0.135. The number of hydrogen-bond donors (Lipinski definition) is 1. The Labute approximate surface area is 117 Å². The van der Waals surface area contributed by atoms with Gasteiger partial charge < -0.3 is 10.1 Å². The zero-order chi connectivity index (χ0) is 15.4. The predicted octanol–water partition coefficient (Wildman–Crippen LogP) is 3.82. The molecular weight excluding hydrogens is 290 g/mol. The molecule has 0 bridgehead atoms. The number of carbonyl (C=O) groups is 1. The van der Waals surface area contributed by atoms with Crippen LogP contribution in [0, 0.1) is 11.6 Å². The van der Waals surface area contributed by atoms with E-state index in [1.54, 1.807) is 0 Å². The van der Waals surface area contributed by atoms with Crippen molar-refractivity contribution in [1.29, 1.82) is 0 Å². The molecule has 0 aromatic heterocycles. The van der Waals surface area contributed by atoms with Gasteiger partial charge in [0.1, 0.15) is 17.4 Å². The summed E-state index contributed by atoms with van der Waals surface area (Å²) in [6, 6.07) is 7.74. The van der Waals surface area contributed by atoms with Gasteiger partial charge >= 0.3 is 6.61 Å². The van der Waals surface area contributed by atoms with Crippen molar-refractivity contribution in [1.82, 2.24) is 0 Å². The molecule has 0 saturated heterocycles. The van der Waals surface area contributed by atoms with Gasteiger partial charge in [0.2, 0.25) is 0 Å². The summed E-state index contributed by atoms with van der Waals surface area (Å²) < 4.78 is 54.7. The first kappa shape index (κ1) is 14.8. The van der Waals surface area contributed by atoms with Crippen LogP contribution in [-0.2, 0) is 0 Å². The summed E-state index contributed by atoms with van der Waals surface area (Å²) in [4.78, 5) is 12.0. The summed E-state index contributed by atoms with van der Waals surface area (Å²) in [6.07, 6.45) is 0. The van der Waals surface area contributed by atoms with Gasteiger partial charge in [0.15, 0.2) is 0 Å². The summed E-state index contributed by atoms with van der Waals surface area (Å²) in [5.41, 5.74) is -0.313. The summed E-state index contributed by atoms with van der Waals surface area (Å²) in [5.74, 6) is -2.90. The standard InChI is InChI=1S/C14H9F4NO2/c15-8-5-9(16)7-10(6-8)19-13(20)11-3-1-2-4-12(11)21-14(17)18/h1-7,14H,(H,19,20). The van der Waals surface area contributed by atoms with Gasteiger partial charge in [-0.15, -0.1) is 0 Å². The fraction of sp³-hybridized carbons (Fsp3) is 0.0714. The fourth-order valence-corrected chi connectivity index (χ4v) is 1.68. The van der Waals surface area contributed by atoms with E-state index in [9.17, 15) is 22.4 Å². The highest BCUT2D eigenvalue weighted by Crippen LogP contribution is 2.22. The van der Waals surface area contributed by atoms with Gasteiger partial charge in [-0.2, -0.15) is 8.78 Å². The number of nitrogens with one attached hydrogen (secondary N) is 1. The first-order valence-electron chi connectivity index (χ1n) is 5.77. The molecule has 1 amide bonds. The highest BCUT2D eigenvalue weighted by molar-refractivity contribution is 6.06. The molecule has 0 atom stereocenters. The van der Waals surface area contributed by atoms with Crippen molar-refractivity contribution in [2.24, 2.45) is 0 Å². The third-order valence-electron chi connectivity index (χ3n) is 2.47. The highest BCUT2D eigenvalue weighted by Gasteiger charge is 2.15. The van der Waals surface area contributed by atoms with E-state index in [4.69, 9.17) is 0 Å². The van der Waals surface area contributed by atoms with E-state index < -0.39 is 24.2 Å². The Hall–Kier alpha value is -2.57. The average molecular weight is 299 g/mol. The largest absolute Gasteiger partial charge is 0.434 e. The smallest absolute Gasteiger partial charge is 0.387 e. The Kier molecular flexibility index (Phi) is 4.42. The molecule has 0 heterocycles. The van der Waals surface area contributed by atoms with Crippen LogP contribution in [0.15, 0.2) is 42.5 Å². The second-order valence-electron chi connectivity index (χ2n) is 3.99. The maximum atomic E-state index is 13.0. The molecule has 0 aliphatic rings. The van der Waals surface area contributed by atoms with Crippen LogP contribution in [0.4, 0.5) is 23.2 Å². The van der Waals surface area contributed by atoms with Gasteiger partial charge in [-0.25, -0.2) is 8.78 Å². The Balaban J connectivity index is 2.24. The molecule has 1 N–H and O–H groups in total. The number of alkyl halides is 2. The number of anilines is 1. The van der Waals surface area contributed by atoms with E-state index in [0.717, 1.165) is 12.1 Å². The second-order valence-corrected chi connectivity index (χ2v) is 3.99. The highest BCUT2D eigenvalue weighted by atomic mass is 19.3. The number of hydrogen-bond acceptors (Lipinski definition) is 2. The molecular formula is C14H9F4NO2. The zero-order valence-electron chi connectivity index (χ0n) is 10.4. The third-order valence-corrected chi connectivity index (χ3v) is 2.47. The summed E-state index contributed by atoms with van der Waals surface area (Å²) in [5, 5.41) is 2.21. The lowest BCUT2D eigenvalue weighted by Crippen LogP contribution is -2.15. The van der Waals surface area contributed by atoms with E-state index in [0.29, 0.717) is 6.07 Å². The van der Waals surface area contributed by atoms with Crippen LogP contribution in [-0.4, -0.2) is 12.5 Å². The molecule has 0 radical (unpaired) electrons. The SMILES string of the molecule is O=C(Nc1cc(F)cc(F)c1)c1ccccc1OC(F)F. The number of halogens is 4. The molecule has 0 aliphatic carbocycles. The molecule has 3 nitrogen and oxygen atoms in total. The Morgan fingerprint density at radius 2 is 1.67 bits per heavy atom. The minimum atomic E-state index is -3.09. The molecule has 0 aliphatic heterocycles. The van der Waals surface area contributed by atoms with Crippen LogP contribution >= 0.6 is 0 Å². The van der Waals surface area contributed by atoms with Crippen molar-refractivity contribution in [2.45, 2.75) is 6.61 Å². The van der Waals surface area contributed by atoms with Gasteiger partial charge in [-0.3, -0.25) is 4.79 Å². The second kappa shape index (κ2) is 6.25. The van der Waals surface area contributed by atoms with Crippen molar-refractivity contribution in [3.63, 3.8) is 0 Å². The van der Waals surface area contributed by atoms with Crippen LogP contribution in [0.25, 0.3) is 0 Å². The number of benzene rings is 2. The van der Waals surface area contributed by atoms with E-state index >= 15 is 0 Å². The van der Waals surface area contributed by atoms with E-state index in [1.807, 2.05) is 0 Å². The van der Waals surface area contributed by atoms with Crippen molar-refractivity contribution in [3.05, 3.63) is 59.7 Å². The predicted molar refractivity (Wildman–Crippen MR) is 67.4 cm³/mol. The lowest BCUT2D eigenvalue weighted by atomic mass is 10.2. The van der Waals surface area contributed by atoms with Gasteiger partial charge in [0, 0.05) is 11.8 Å². The first-order valence-corrected chi connectivity index (χ1v) is 5.77. The Morgan fingerprint density at radius 1 is 1.05 bits per heavy atom. The van der Waals surface area contributed by atoms with Gasteiger partial charge in [0.25, 0.3) is 5.91 Å². The third kappa shape index (κ3) is 3.95. The summed E-state index contributed by atoms with van der Waals surface area (Å²) in [6.45, 7) is -3.09. The van der Waals surface area contributed by atoms with Crippen molar-refractivity contribution in [3.8, 4) is 5.75 Å². The molecule has 2 aromatic rings. The molecule has 21 heavy (non-hydrogen) atoms. The van der Waals surface area contributed by atoms with E-state index in [-0.39, 0.29) is 17.0 Å². The van der Waals surface area contributed by atoms with Crippen molar-refractivity contribution >= 4 is 11.6 Å². The zero-order valence-corrected chi connectivity index (χ0v) is 10.4. The number of para-hydroxylation sites is 1. The monoisotopic (exact) mass is 299 g/mol. The molecule has 0 spiro atoms. The first-order chi connectivity index (χ1) is 9.95. The van der Waals surface area contributed by atoms with Crippen LogP contribution in [0.2, 0.25) is 0 Å². The van der Waals surface area contributed by atoms with Crippen molar-refractivity contribution < 1.29 is 27.1 Å². The topological polar surface area (TPSA) is 38.3 Å². The summed E-state index contributed by atoms with van der Waals surface area (Å²) >= 11 is 0. The van der Waals surface area contributed by atoms with Crippen LogP contribution < -0.4 is 10.1 Å². The lowest BCUT2D eigenvalue weighted by molar-refractivity contribution is -0.0501. The summed E-state index contributed by atoms with van der Waals surface area (Å²) in [7, 11) is 0. The average Bonchev–Trinajstić information content (AvgIpc) is 2.37. The number of ether oxygens (including phenoxy) is 1. The van der Waals surface area contributed by atoms with Gasteiger partial charge in [0.05, 0.1) is 5.56 Å². The van der Waals surface area contributed by atoms with Crippen molar-refractivity contribution in [2.75, 3.05) is 5.32 Å². The maximum Gasteiger partial charge on any atom is 0.387 e. The number of amides is 1. The molecule has 7 heteroatoms. The lowest BCUT2D eigenvalue weighted by Gasteiger charge is -2.11. The Bertz CT molecular complexity index is 641. The van der Waals surface area contributed by atoms with Crippen LogP contribution in [0.3, 0.4) is 0 Å². The van der Waals surface area contributed by atoms with E-state index in [1.165, 1.54) is 24.3 Å². The molecule has 0 unspecified atom stereocenters. The van der Waals surface area contributed by atoms with E-state index in [2.05, 4.69) is 10.1 Å². The molecule has 2 aromatic carbocycles. The molecule has 110 valence electrons. The molecule has 0 saturated carbocycles. The van der Waals surface area contributed by atoms with Gasteiger partial charge in [-0.05, 0) is 24.3 Å². The van der Waals surface area contributed by atoms with Crippen LogP contribution in [0.1, 0.15) is 10.4 Å². The number of carbonyl (C=O) groups excluding carboxylic acids is 1. The fourth-order valence-electron chi connectivity index (χ4n) is 1.68. The molecule has 2 rings (SSSR count). The van der Waals surface area contributed by atoms with Gasteiger partial charge in [-0.1, -0.05) is 12.1 Å². The molecule has 0 fully saturated rings. The van der Waals surface area contributed by atoms with Crippen LogP contribution in [0.5, 0.6) is 5.75 Å².